The van der Waals surface area contributed by atoms with Crippen LogP contribution in [0.5, 0.6) is 5.75 Å². The van der Waals surface area contributed by atoms with Gasteiger partial charge in [-0.3, -0.25) is 9.59 Å². The molecule has 0 saturated carbocycles. The molecule has 5 nitrogen and oxygen atoms in total. The van der Waals surface area contributed by atoms with Crippen LogP contribution in [0.3, 0.4) is 0 Å². The van der Waals surface area contributed by atoms with Gasteiger partial charge in [0.05, 0.1) is 11.6 Å². The van der Waals surface area contributed by atoms with Crippen molar-refractivity contribution in [2.45, 2.75) is 12.5 Å². The number of hydrogen-bond donors (Lipinski definition) is 0. The van der Waals surface area contributed by atoms with Crippen LogP contribution in [0.2, 0.25) is 0 Å². The maximum Gasteiger partial charge on any atom is 0.257 e. The zero-order valence-corrected chi connectivity index (χ0v) is 19.3. The summed E-state index contributed by atoms with van der Waals surface area (Å²) in [6, 6.07) is 13.1. The van der Waals surface area contributed by atoms with E-state index in [0.29, 0.717) is 18.7 Å². The number of rotatable bonds is 8. The smallest absolute Gasteiger partial charge is 0.257 e. The van der Waals surface area contributed by atoms with E-state index in [2.05, 4.69) is 6.58 Å². The van der Waals surface area contributed by atoms with Crippen molar-refractivity contribution in [3.05, 3.63) is 100 Å². The summed E-state index contributed by atoms with van der Waals surface area (Å²) in [5.74, 6) is -1.53. The lowest BCUT2D eigenvalue weighted by molar-refractivity contribution is -0.135. The third-order valence-electron chi connectivity index (χ3n) is 5.69. The van der Waals surface area contributed by atoms with Gasteiger partial charge in [0.25, 0.3) is 5.91 Å². The molecule has 0 aliphatic carbocycles. The first kappa shape index (κ1) is 23.6. The largest absolute Gasteiger partial charge is 0.491 e. The van der Waals surface area contributed by atoms with E-state index < -0.39 is 17.5 Å². The lowest BCUT2D eigenvalue weighted by Crippen LogP contribution is -2.48. The average Bonchev–Trinajstić information content (AvgIpc) is 3.31. The molecule has 0 bridgehead atoms. The van der Waals surface area contributed by atoms with E-state index in [4.69, 9.17) is 4.74 Å². The monoisotopic (exact) mass is 482 g/mol. The molecular weight excluding hydrogens is 458 g/mol. The van der Waals surface area contributed by atoms with Gasteiger partial charge in [0.15, 0.2) is 0 Å². The minimum Gasteiger partial charge on any atom is -0.491 e. The number of thiophene rings is 1. The van der Waals surface area contributed by atoms with Crippen LogP contribution in [0, 0.1) is 11.6 Å². The highest BCUT2D eigenvalue weighted by Gasteiger charge is 2.33. The first-order chi connectivity index (χ1) is 16.5. The van der Waals surface area contributed by atoms with E-state index in [-0.39, 0.29) is 37.2 Å². The maximum absolute atomic E-state index is 14.2. The molecule has 0 N–H and O–H groups in total. The Bertz CT molecular complexity index is 1200. The molecule has 1 aliphatic rings. The Balaban J connectivity index is 1.53. The number of benzene rings is 2. The molecule has 0 spiro atoms. The second-order valence-corrected chi connectivity index (χ2v) is 8.88. The van der Waals surface area contributed by atoms with Crippen molar-refractivity contribution in [2.75, 3.05) is 26.2 Å². The van der Waals surface area contributed by atoms with Gasteiger partial charge in [-0.1, -0.05) is 24.3 Å². The second-order valence-electron chi connectivity index (χ2n) is 7.87. The van der Waals surface area contributed by atoms with Crippen molar-refractivity contribution >= 4 is 23.2 Å². The number of amides is 2. The molecule has 0 unspecified atom stereocenters. The molecule has 1 aromatic heterocycles. The first-order valence-corrected chi connectivity index (χ1v) is 11.7. The van der Waals surface area contributed by atoms with Crippen LogP contribution in [-0.2, 0) is 11.2 Å². The van der Waals surface area contributed by atoms with Crippen molar-refractivity contribution < 1.29 is 23.1 Å². The van der Waals surface area contributed by atoms with Crippen LogP contribution in [-0.4, -0.2) is 47.9 Å². The molecular formula is C26H24F2N2O3S. The normalized spacial score (nSPS) is 14.9. The van der Waals surface area contributed by atoms with Crippen LogP contribution >= 0.6 is 11.3 Å². The highest BCUT2D eigenvalue weighted by molar-refractivity contribution is 7.10. The summed E-state index contributed by atoms with van der Waals surface area (Å²) >= 11 is 1.62. The van der Waals surface area contributed by atoms with Crippen LogP contribution in [0.1, 0.15) is 26.8 Å². The summed E-state index contributed by atoms with van der Waals surface area (Å²) in [6.07, 6.45) is 2.20. The number of ether oxygens (including phenoxy) is 1. The SMILES string of the molecule is C=CCN(CC(=O)N1CCc2sccc2[C@@H]1COc1cccc(F)c1)C(=O)c1ccccc1F. The average molecular weight is 483 g/mol. The molecule has 8 heteroatoms. The summed E-state index contributed by atoms with van der Waals surface area (Å²) < 4.78 is 33.6. The number of carbonyl (C=O) groups is 2. The van der Waals surface area contributed by atoms with Crippen molar-refractivity contribution in [1.29, 1.82) is 0 Å². The predicted molar refractivity (Wildman–Crippen MR) is 127 cm³/mol. The molecule has 2 amide bonds. The molecule has 1 atom stereocenters. The van der Waals surface area contributed by atoms with E-state index in [9.17, 15) is 18.4 Å². The maximum atomic E-state index is 14.2. The van der Waals surface area contributed by atoms with Crippen molar-refractivity contribution in [2.24, 2.45) is 0 Å². The highest BCUT2D eigenvalue weighted by atomic mass is 32.1. The van der Waals surface area contributed by atoms with Crippen LogP contribution in [0.4, 0.5) is 8.78 Å². The summed E-state index contributed by atoms with van der Waals surface area (Å²) in [7, 11) is 0. The van der Waals surface area contributed by atoms with Gasteiger partial charge in [-0.25, -0.2) is 8.78 Å². The van der Waals surface area contributed by atoms with Crippen LogP contribution < -0.4 is 4.74 Å². The van der Waals surface area contributed by atoms with Gasteiger partial charge in [-0.05, 0) is 47.7 Å². The van der Waals surface area contributed by atoms with Gasteiger partial charge < -0.3 is 14.5 Å². The standard InChI is InChI=1S/C26H24F2N2O3S/c1-2-12-29(26(32)20-8-3-4-9-22(20)28)16-25(31)30-13-10-24-21(11-14-34-24)23(30)17-33-19-7-5-6-18(27)15-19/h2-9,11,14-15,23H,1,10,12-13,16-17H2/t23-/m0/s1. The zero-order valence-electron chi connectivity index (χ0n) is 18.5. The Morgan fingerprint density at radius 2 is 2.00 bits per heavy atom. The Labute approximate surface area is 200 Å². The van der Waals surface area contributed by atoms with Crippen LogP contribution in [0.25, 0.3) is 0 Å². The van der Waals surface area contributed by atoms with Crippen molar-refractivity contribution in [3.8, 4) is 5.75 Å². The third-order valence-corrected chi connectivity index (χ3v) is 6.68. The minimum absolute atomic E-state index is 0.0955. The van der Waals surface area contributed by atoms with Gasteiger partial charge in [0, 0.05) is 24.0 Å². The van der Waals surface area contributed by atoms with E-state index >= 15 is 0 Å². The minimum atomic E-state index is -0.642. The molecule has 0 radical (unpaired) electrons. The van der Waals surface area contributed by atoms with E-state index in [0.717, 1.165) is 5.56 Å². The summed E-state index contributed by atoms with van der Waals surface area (Å²) in [4.78, 5) is 30.5. The summed E-state index contributed by atoms with van der Waals surface area (Å²) in [6.45, 7) is 4.13. The first-order valence-electron chi connectivity index (χ1n) is 10.9. The lowest BCUT2D eigenvalue weighted by Gasteiger charge is -2.37. The Morgan fingerprint density at radius 3 is 2.76 bits per heavy atom. The Kier molecular flexibility index (Phi) is 7.37. The van der Waals surface area contributed by atoms with E-state index in [1.807, 2.05) is 11.4 Å². The summed E-state index contributed by atoms with van der Waals surface area (Å²) in [5, 5.41) is 1.97. The fourth-order valence-electron chi connectivity index (χ4n) is 4.04. The van der Waals surface area contributed by atoms with E-state index in [1.54, 1.807) is 34.4 Å². The molecule has 0 fully saturated rings. The Hall–Kier alpha value is -3.52. The Morgan fingerprint density at radius 1 is 1.18 bits per heavy atom. The molecule has 3 aromatic rings. The topological polar surface area (TPSA) is 49.9 Å². The molecule has 0 saturated heterocycles. The van der Waals surface area contributed by atoms with Gasteiger partial charge in [0.2, 0.25) is 5.91 Å². The zero-order chi connectivity index (χ0) is 24.1. The van der Waals surface area contributed by atoms with Gasteiger partial charge in [-0.15, -0.1) is 17.9 Å². The third kappa shape index (κ3) is 5.17. The second kappa shape index (κ2) is 10.6. The molecule has 4 rings (SSSR count). The van der Waals surface area contributed by atoms with Gasteiger partial charge in [-0.2, -0.15) is 0 Å². The number of carbonyl (C=O) groups excluding carboxylic acids is 2. The molecule has 2 heterocycles. The highest BCUT2D eigenvalue weighted by Crippen LogP contribution is 2.34. The van der Waals surface area contributed by atoms with Crippen LogP contribution in [0.15, 0.2) is 72.6 Å². The molecule has 176 valence electrons. The molecule has 34 heavy (non-hydrogen) atoms. The summed E-state index contributed by atoms with van der Waals surface area (Å²) in [5.41, 5.74) is 0.888. The molecule has 1 aliphatic heterocycles. The number of halogens is 2. The quantitative estimate of drug-likeness (QED) is 0.431. The number of hydrogen-bond acceptors (Lipinski definition) is 4. The molecule has 2 aromatic carbocycles. The lowest BCUT2D eigenvalue weighted by atomic mass is 10.0. The van der Waals surface area contributed by atoms with Crippen molar-refractivity contribution in [3.63, 3.8) is 0 Å². The van der Waals surface area contributed by atoms with E-state index in [1.165, 1.54) is 46.2 Å². The number of nitrogens with zero attached hydrogens (tertiary/aromatic N) is 2. The predicted octanol–water partition coefficient (Wildman–Crippen LogP) is 4.86. The fraction of sp³-hybridized carbons (Fsp3) is 0.231. The fourth-order valence-corrected chi connectivity index (χ4v) is 4.97. The van der Waals surface area contributed by atoms with Crippen molar-refractivity contribution in [1.82, 2.24) is 9.80 Å². The van der Waals surface area contributed by atoms with Gasteiger partial charge in [0.1, 0.15) is 30.5 Å². The van der Waals surface area contributed by atoms with Gasteiger partial charge >= 0.3 is 0 Å². The number of fused-ring (bicyclic) bond motifs is 1.